The molecule has 222 valence electrons. The minimum atomic E-state index is -0.956. The lowest BCUT2D eigenvalue weighted by Gasteiger charge is -2.08. The molecular formula is C33H66O4. The summed E-state index contributed by atoms with van der Waals surface area (Å²) in [6, 6.07) is 0. The van der Waals surface area contributed by atoms with Gasteiger partial charge >= 0.3 is 5.97 Å². The summed E-state index contributed by atoms with van der Waals surface area (Å²) in [6.07, 6.45) is 36.7. The summed E-state index contributed by atoms with van der Waals surface area (Å²) in [6.45, 7) is 1.82. The molecule has 0 aliphatic heterocycles. The summed E-state index contributed by atoms with van der Waals surface area (Å²) in [7, 11) is 0. The molecule has 0 bridgehead atoms. The predicted molar refractivity (Wildman–Crippen MR) is 159 cm³/mol. The van der Waals surface area contributed by atoms with Crippen LogP contribution < -0.4 is 0 Å². The van der Waals surface area contributed by atoms with Crippen molar-refractivity contribution in [3.05, 3.63) is 0 Å². The van der Waals surface area contributed by atoms with Crippen molar-refractivity contribution in [2.24, 2.45) is 0 Å². The number of hydrogen-bond acceptors (Lipinski definition) is 4. The van der Waals surface area contributed by atoms with Crippen LogP contribution in [0.2, 0.25) is 0 Å². The van der Waals surface area contributed by atoms with Crippen molar-refractivity contribution in [2.75, 3.05) is 13.2 Å². The Morgan fingerprint density at radius 2 is 0.784 bits per heavy atom. The molecule has 1 unspecified atom stereocenters. The first-order valence-electron chi connectivity index (χ1n) is 16.6. The second-order valence-corrected chi connectivity index (χ2v) is 11.5. The minimum Gasteiger partial charge on any atom is -0.463 e. The molecule has 37 heavy (non-hydrogen) atoms. The van der Waals surface area contributed by atoms with Gasteiger partial charge in [0.2, 0.25) is 0 Å². The molecular weight excluding hydrogens is 460 g/mol. The minimum absolute atomic E-state index is 0.102. The largest absolute Gasteiger partial charge is 0.463 e. The van der Waals surface area contributed by atoms with E-state index in [0.29, 0.717) is 6.42 Å². The first-order chi connectivity index (χ1) is 18.2. The fourth-order valence-electron chi connectivity index (χ4n) is 5.08. The summed E-state index contributed by atoms with van der Waals surface area (Å²) in [5, 5.41) is 17.8. The Labute approximate surface area is 231 Å². The molecule has 0 radical (unpaired) electrons. The van der Waals surface area contributed by atoms with E-state index in [-0.39, 0.29) is 19.2 Å². The first-order valence-corrected chi connectivity index (χ1v) is 16.6. The molecule has 0 aliphatic carbocycles. The van der Waals surface area contributed by atoms with Crippen LogP contribution in [0.25, 0.3) is 0 Å². The Morgan fingerprint density at radius 1 is 0.514 bits per heavy atom. The van der Waals surface area contributed by atoms with Crippen LogP contribution in [0.5, 0.6) is 0 Å². The zero-order valence-electron chi connectivity index (χ0n) is 25.0. The number of carbonyl (C=O) groups is 1. The molecule has 4 nitrogen and oxygen atoms in total. The molecule has 0 amide bonds. The lowest BCUT2D eigenvalue weighted by molar-refractivity contribution is -0.147. The highest BCUT2D eigenvalue weighted by Gasteiger charge is 2.07. The van der Waals surface area contributed by atoms with E-state index in [1.165, 1.54) is 161 Å². The molecule has 0 aromatic carbocycles. The summed E-state index contributed by atoms with van der Waals surface area (Å²) in [5.74, 6) is -0.271. The highest BCUT2D eigenvalue weighted by molar-refractivity contribution is 5.69. The third-order valence-electron chi connectivity index (χ3n) is 7.63. The summed E-state index contributed by atoms with van der Waals surface area (Å²) in [5.41, 5.74) is 0. The van der Waals surface area contributed by atoms with Crippen molar-refractivity contribution < 1.29 is 19.7 Å². The van der Waals surface area contributed by atoms with Crippen molar-refractivity contribution >= 4 is 5.97 Å². The Kier molecular flexibility index (Phi) is 31.1. The van der Waals surface area contributed by atoms with E-state index in [0.717, 1.165) is 12.8 Å². The van der Waals surface area contributed by atoms with Gasteiger partial charge < -0.3 is 14.9 Å². The van der Waals surface area contributed by atoms with Gasteiger partial charge in [0.15, 0.2) is 0 Å². The van der Waals surface area contributed by atoms with Gasteiger partial charge in [-0.05, 0) is 6.42 Å². The SMILES string of the molecule is CCCCCCCCCCCCCCCCCCCCCCCCCCCCCC(=O)OCC(O)CO. The van der Waals surface area contributed by atoms with E-state index >= 15 is 0 Å². The summed E-state index contributed by atoms with van der Waals surface area (Å²) >= 11 is 0. The Hall–Kier alpha value is -0.610. The molecule has 0 heterocycles. The molecule has 2 N–H and O–H groups in total. The molecule has 0 saturated carbocycles. The van der Waals surface area contributed by atoms with E-state index in [1.807, 2.05) is 0 Å². The van der Waals surface area contributed by atoms with Crippen molar-refractivity contribution in [1.29, 1.82) is 0 Å². The molecule has 0 saturated heterocycles. The average molecular weight is 527 g/mol. The fraction of sp³-hybridized carbons (Fsp3) is 0.970. The molecule has 0 spiro atoms. The van der Waals surface area contributed by atoms with Gasteiger partial charge in [0.25, 0.3) is 0 Å². The molecule has 0 aromatic heterocycles. The van der Waals surface area contributed by atoms with E-state index in [9.17, 15) is 4.79 Å². The fourth-order valence-corrected chi connectivity index (χ4v) is 5.08. The van der Waals surface area contributed by atoms with Crippen LogP contribution in [-0.4, -0.2) is 35.5 Å². The molecule has 4 heteroatoms. The quantitative estimate of drug-likeness (QED) is 0.0696. The predicted octanol–water partition coefficient (Wildman–Crippen LogP) is 9.83. The number of esters is 1. The Balaban J connectivity index is 3.09. The van der Waals surface area contributed by atoms with Gasteiger partial charge in [0, 0.05) is 6.42 Å². The number of aliphatic hydroxyl groups is 2. The van der Waals surface area contributed by atoms with Crippen molar-refractivity contribution in [2.45, 2.75) is 193 Å². The van der Waals surface area contributed by atoms with Crippen LogP contribution in [0.15, 0.2) is 0 Å². The molecule has 1 atom stereocenters. The van der Waals surface area contributed by atoms with Crippen LogP contribution >= 0.6 is 0 Å². The van der Waals surface area contributed by atoms with Gasteiger partial charge in [0.05, 0.1) is 6.61 Å². The lowest BCUT2D eigenvalue weighted by atomic mass is 10.0. The first kappa shape index (κ1) is 36.4. The third-order valence-corrected chi connectivity index (χ3v) is 7.63. The van der Waals surface area contributed by atoms with E-state index in [2.05, 4.69) is 6.92 Å². The summed E-state index contributed by atoms with van der Waals surface area (Å²) < 4.78 is 4.90. The number of carbonyl (C=O) groups excluding carboxylic acids is 1. The van der Waals surface area contributed by atoms with E-state index in [1.54, 1.807) is 0 Å². The molecule has 0 aliphatic rings. The number of hydrogen-bond donors (Lipinski definition) is 2. The highest BCUT2D eigenvalue weighted by atomic mass is 16.5. The highest BCUT2D eigenvalue weighted by Crippen LogP contribution is 2.16. The van der Waals surface area contributed by atoms with E-state index < -0.39 is 6.10 Å². The maximum Gasteiger partial charge on any atom is 0.305 e. The van der Waals surface area contributed by atoms with Crippen LogP contribution in [0, 0.1) is 0 Å². The van der Waals surface area contributed by atoms with Gasteiger partial charge in [-0.3, -0.25) is 4.79 Å². The van der Waals surface area contributed by atoms with Crippen molar-refractivity contribution in [3.8, 4) is 0 Å². The lowest BCUT2D eigenvalue weighted by Crippen LogP contribution is -2.21. The molecule has 0 aromatic rings. The summed E-state index contributed by atoms with van der Waals surface area (Å²) in [4.78, 5) is 11.5. The zero-order chi connectivity index (χ0) is 27.1. The number of ether oxygens (including phenoxy) is 1. The zero-order valence-corrected chi connectivity index (χ0v) is 25.0. The monoisotopic (exact) mass is 526 g/mol. The maximum absolute atomic E-state index is 11.5. The third kappa shape index (κ3) is 31.5. The van der Waals surface area contributed by atoms with Crippen LogP contribution in [0.4, 0.5) is 0 Å². The molecule has 0 fully saturated rings. The van der Waals surface area contributed by atoms with Crippen LogP contribution in [0.1, 0.15) is 187 Å². The van der Waals surface area contributed by atoms with Gasteiger partial charge in [-0.1, -0.05) is 174 Å². The van der Waals surface area contributed by atoms with Crippen LogP contribution in [0.3, 0.4) is 0 Å². The molecule has 0 rings (SSSR count). The van der Waals surface area contributed by atoms with Crippen molar-refractivity contribution in [1.82, 2.24) is 0 Å². The van der Waals surface area contributed by atoms with E-state index in [4.69, 9.17) is 14.9 Å². The second kappa shape index (κ2) is 31.6. The number of rotatable bonds is 31. The van der Waals surface area contributed by atoms with Crippen molar-refractivity contribution in [3.63, 3.8) is 0 Å². The normalized spacial score (nSPS) is 12.2. The standard InChI is InChI=1S/C33H66O4/c1-2-3-4-5-6-7-8-9-10-11-12-13-14-15-16-17-18-19-20-21-22-23-24-25-26-27-28-29-33(36)37-31-32(35)30-34/h32,34-35H,2-31H2,1H3. The van der Waals surface area contributed by atoms with Gasteiger partial charge in [0.1, 0.15) is 12.7 Å². The second-order valence-electron chi connectivity index (χ2n) is 11.5. The average Bonchev–Trinajstić information content (AvgIpc) is 2.91. The van der Waals surface area contributed by atoms with Gasteiger partial charge in [-0.25, -0.2) is 0 Å². The van der Waals surface area contributed by atoms with Gasteiger partial charge in [-0.2, -0.15) is 0 Å². The Bertz CT molecular complexity index is 440. The number of unbranched alkanes of at least 4 members (excludes halogenated alkanes) is 26. The smallest absolute Gasteiger partial charge is 0.305 e. The van der Waals surface area contributed by atoms with Gasteiger partial charge in [-0.15, -0.1) is 0 Å². The number of aliphatic hydroxyl groups excluding tert-OH is 2. The Morgan fingerprint density at radius 3 is 1.05 bits per heavy atom. The topological polar surface area (TPSA) is 66.8 Å². The maximum atomic E-state index is 11.5. The van der Waals surface area contributed by atoms with Crippen LogP contribution in [-0.2, 0) is 9.53 Å².